The molecule has 1 rings (SSSR count). The normalized spacial score (nSPS) is 10.8. The molecule has 0 aromatic heterocycles. The summed E-state index contributed by atoms with van der Waals surface area (Å²) in [6.45, 7) is 7.21. The Kier molecular flexibility index (Phi) is 4.32. The third-order valence-electron chi connectivity index (χ3n) is 1.47. The summed E-state index contributed by atoms with van der Waals surface area (Å²) in [6.07, 6.45) is 0. The molecule has 0 fully saturated rings. The Hall–Kier alpha value is 0.164. The third kappa shape index (κ3) is 4.58. The fourth-order valence-corrected chi connectivity index (χ4v) is 2.60. The van der Waals surface area contributed by atoms with Crippen molar-refractivity contribution >= 4 is 8.07 Å². The number of rotatable bonds is 2. The Morgan fingerprint density at radius 3 is 1.91 bits per heavy atom. The minimum atomic E-state index is -0.862. The first-order chi connectivity index (χ1) is 4.58. The number of hydrogen-bond donors (Lipinski definition) is 0. The van der Waals surface area contributed by atoms with Crippen LogP contribution in [0.25, 0.3) is 0 Å². The molecule has 0 nitrogen and oxygen atoms in total. The summed E-state index contributed by atoms with van der Waals surface area (Å²) >= 11 is 0. The fraction of sp³-hybridized carbons (Fsp3) is 0.444. The van der Waals surface area contributed by atoms with Gasteiger partial charge in [0, 0.05) is 8.07 Å². The van der Waals surface area contributed by atoms with E-state index in [4.69, 9.17) is 0 Å². The zero-order chi connectivity index (χ0) is 7.61. The summed E-state index contributed by atoms with van der Waals surface area (Å²) in [5.74, 6) is 0. The first-order valence-corrected chi connectivity index (χ1v) is 7.49. The van der Waals surface area contributed by atoms with Crippen LogP contribution in [0.3, 0.4) is 0 Å². The van der Waals surface area contributed by atoms with Crippen molar-refractivity contribution < 1.29 is 18.9 Å². The molecule has 0 aliphatic rings. The van der Waals surface area contributed by atoms with Crippen molar-refractivity contribution in [1.82, 2.24) is 0 Å². The Morgan fingerprint density at radius 2 is 1.55 bits per heavy atom. The molecule has 0 N–H and O–H groups in total. The van der Waals surface area contributed by atoms with Gasteiger partial charge in [0.25, 0.3) is 0 Å². The van der Waals surface area contributed by atoms with Gasteiger partial charge in [-0.2, -0.15) is 17.7 Å². The maximum atomic E-state index is 2.40. The molecule has 11 heavy (non-hydrogen) atoms. The standard InChI is InChI=1S/C9H15Si.Li/c1-10(2,3)8-9-6-4-5-7-9;/h4-7H,8H2,1-3H3;/q-1;+1. The summed E-state index contributed by atoms with van der Waals surface area (Å²) in [7, 11) is -0.862. The smallest absolute Gasteiger partial charge is 0.213 e. The van der Waals surface area contributed by atoms with Gasteiger partial charge < -0.3 is 0 Å². The third-order valence-corrected chi connectivity index (χ3v) is 2.94. The molecule has 0 amide bonds. The van der Waals surface area contributed by atoms with Gasteiger partial charge in [0.1, 0.15) is 0 Å². The van der Waals surface area contributed by atoms with Crippen molar-refractivity contribution in [3.63, 3.8) is 0 Å². The van der Waals surface area contributed by atoms with Gasteiger partial charge in [-0.05, 0) is 0 Å². The van der Waals surface area contributed by atoms with Crippen LogP contribution >= 0.6 is 0 Å². The van der Waals surface area contributed by atoms with Crippen LogP contribution in [0.15, 0.2) is 24.3 Å². The Balaban J connectivity index is 0.000001000. The van der Waals surface area contributed by atoms with Gasteiger partial charge in [-0.1, -0.05) is 25.7 Å². The van der Waals surface area contributed by atoms with Crippen LogP contribution in [0, 0.1) is 0 Å². The maximum Gasteiger partial charge on any atom is 1.00 e. The van der Waals surface area contributed by atoms with E-state index in [-0.39, 0.29) is 18.9 Å². The van der Waals surface area contributed by atoms with E-state index in [9.17, 15) is 0 Å². The summed E-state index contributed by atoms with van der Waals surface area (Å²) in [6, 6.07) is 10.0. The zero-order valence-electron chi connectivity index (χ0n) is 8.02. The molecule has 2 heteroatoms. The van der Waals surface area contributed by atoms with E-state index in [1.807, 2.05) is 0 Å². The molecule has 0 saturated carbocycles. The summed E-state index contributed by atoms with van der Waals surface area (Å²) in [5.41, 5.74) is 1.51. The Labute approximate surface area is 82.6 Å². The predicted octanol–water partition coefficient (Wildman–Crippen LogP) is -0.171. The van der Waals surface area contributed by atoms with Crippen LogP contribution < -0.4 is 18.9 Å². The van der Waals surface area contributed by atoms with Gasteiger partial charge >= 0.3 is 18.9 Å². The van der Waals surface area contributed by atoms with Crippen molar-refractivity contribution in [3.05, 3.63) is 29.8 Å². The van der Waals surface area contributed by atoms with Crippen LogP contribution in [0.4, 0.5) is 0 Å². The average Bonchev–Trinajstić information content (AvgIpc) is 2.12. The van der Waals surface area contributed by atoms with E-state index < -0.39 is 8.07 Å². The molecule has 0 radical (unpaired) electrons. The van der Waals surface area contributed by atoms with Gasteiger partial charge in [0.05, 0.1) is 0 Å². The molecule has 1 aromatic rings. The van der Waals surface area contributed by atoms with Crippen LogP contribution in [-0.4, -0.2) is 8.07 Å². The van der Waals surface area contributed by atoms with Crippen molar-refractivity contribution in [1.29, 1.82) is 0 Å². The molecule has 0 aliphatic heterocycles. The van der Waals surface area contributed by atoms with Crippen molar-refractivity contribution in [2.45, 2.75) is 25.7 Å². The molecule has 0 heterocycles. The van der Waals surface area contributed by atoms with Crippen molar-refractivity contribution in [3.8, 4) is 0 Å². The van der Waals surface area contributed by atoms with E-state index >= 15 is 0 Å². The average molecular weight is 158 g/mol. The van der Waals surface area contributed by atoms with Gasteiger partial charge in [-0.15, -0.1) is 0 Å². The van der Waals surface area contributed by atoms with E-state index in [1.54, 1.807) is 0 Å². The molecule has 56 valence electrons. The second-order valence-corrected chi connectivity index (χ2v) is 9.51. The monoisotopic (exact) mass is 158 g/mol. The first kappa shape index (κ1) is 11.2. The van der Waals surface area contributed by atoms with Crippen LogP contribution in [-0.2, 0) is 6.04 Å². The number of hydrogen-bond acceptors (Lipinski definition) is 0. The molecule has 0 aliphatic carbocycles. The molecule has 0 unspecified atom stereocenters. The van der Waals surface area contributed by atoms with Gasteiger partial charge in [-0.25, -0.2) is 12.1 Å². The predicted molar refractivity (Wildman–Crippen MR) is 49.1 cm³/mol. The second kappa shape index (κ2) is 4.25. The summed E-state index contributed by atoms with van der Waals surface area (Å²) < 4.78 is 0. The zero-order valence-corrected chi connectivity index (χ0v) is 9.02. The molecule has 1 aromatic carbocycles. The van der Waals surface area contributed by atoms with Crippen LogP contribution in [0.5, 0.6) is 0 Å². The SMILES string of the molecule is C[Si](C)(C)C[c-]1cccc1.[Li+]. The summed E-state index contributed by atoms with van der Waals surface area (Å²) in [5, 5.41) is 0. The molecular formula is C9H15LiSi. The molecule has 0 atom stereocenters. The van der Waals surface area contributed by atoms with Crippen LogP contribution in [0.2, 0.25) is 19.6 Å². The molecule has 0 saturated heterocycles. The Morgan fingerprint density at radius 1 is 1.09 bits per heavy atom. The van der Waals surface area contributed by atoms with Gasteiger partial charge in [-0.3, -0.25) is 0 Å². The van der Waals surface area contributed by atoms with Gasteiger partial charge in [0.15, 0.2) is 0 Å². The largest absolute Gasteiger partial charge is 1.00 e. The first-order valence-electron chi connectivity index (χ1n) is 3.78. The van der Waals surface area contributed by atoms with E-state index in [1.165, 1.54) is 11.6 Å². The second-order valence-electron chi connectivity index (χ2n) is 4.03. The van der Waals surface area contributed by atoms with Crippen LogP contribution in [0.1, 0.15) is 5.56 Å². The van der Waals surface area contributed by atoms with Gasteiger partial charge in [0.2, 0.25) is 0 Å². The van der Waals surface area contributed by atoms with E-state index in [2.05, 4.69) is 43.9 Å². The fourth-order valence-electron chi connectivity index (χ4n) is 1.14. The van der Waals surface area contributed by atoms with Crippen molar-refractivity contribution in [2.75, 3.05) is 0 Å². The molecule has 0 spiro atoms. The minimum absolute atomic E-state index is 0. The van der Waals surface area contributed by atoms with Crippen molar-refractivity contribution in [2.24, 2.45) is 0 Å². The maximum absolute atomic E-state index is 2.40. The molecular weight excluding hydrogens is 143 g/mol. The van der Waals surface area contributed by atoms with E-state index in [0.717, 1.165) is 0 Å². The topological polar surface area (TPSA) is 0 Å². The Bertz CT molecular complexity index is 184. The molecule has 0 bridgehead atoms. The summed E-state index contributed by atoms with van der Waals surface area (Å²) in [4.78, 5) is 0. The quantitative estimate of drug-likeness (QED) is 0.414. The minimum Gasteiger partial charge on any atom is -0.213 e. The van der Waals surface area contributed by atoms with E-state index in [0.29, 0.717) is 0 Å².